The number of pyridine rings is 1. The number of phenols is 1. The Labute approximate surface area is 181 Å². The van der Waals surface area contributed by atoms with Crippen LogP contribution >= 0.6 is 11.6 Å². The van der Waals surface area contributed by atoms with Crippen LogP contribution in [0.25, 0.3) is 10.9 Å². The number of hydrogen-bond donors (Lipinski definition) is 2. The van der Waals surface area contributed by atoms with Gasteiger partial charge in [0.15, 0.2) is 0 Å². The molecule has 1 amide bonds. The minimum Gasteiger partial charge on any atom is -0.506 e. The molecule has 3 aromatic rings. The predicted molar refractivity (Wildman–Crippen MR) is 121 cm³/mol. The van der Waals surface area contributed by atoms with E-state index in [0.717, 1.165) is 55.0 Å². The average Bonchev–Trinajstić information content (AvgIpc) is 2.78. The molecule has 30 heavy (non-hydrogen) atoms. The molecule has 0 saturated carbocycles. The zero-order valence-electron chi connectivity index (χ0n) is 16.9. The highest BCUT2D eigenvalue weighted by atomic mass is 35.5. The molecular weight excluding hydrogens is 398 g/mol. The number of halogens is 1. The number of fused-ring (bicyclic) bond motifs is 1. The molecular formula is C24H26ClN3O2. The summed E-state index contributed by atoms with van der Waals surface area (Å²) in [6.07, 6.45) is 3.46. The number of hydrogen-bond acceptors (Lipinski definition) is 4. The van der Waals surface area contributed by atoms with Gasteiger partial charge in [0.05, 0.1) is 0 Å². The van der Waals surface area contributed by atoms with E-state index in [2.05, 4.69) is 15.2 Å². The summed E-state index contributed by atoms with van der Waals surface area (Å²) in [6.45, 7) is 2.26. The van der Waals surface area contributed by atoms with Gasteiger partial charge in [-0.15, -0.1) is 0 Å². The maximum Gasteiger partial charge on any atom is 0.223 e. The van der Waals surface area contributed by atoms with Crippen LogP contribution in [0, 0.1) is 5.92 Å². The van der Waals surface area contributed by atoms with E-state index in [1.807, 2.05) is 48.5 Å². The first-order chi connectivity index (χ1) is 14.6. The summed E-state index contributed by atoms with van der Waals surface area (Å²) in [6, 6.07) is 17.2. The number of piperidine rings is 1. The molecule has 0 radical (unpaired) electrons. The maximum atomic E-state index is 12.5. The van der Waals surface area contributed by atoms with Gasteiger partial charge in [0, 0.05) is 36.0 Å². The first-order valence-corrected chi connectivity index (χ1v) is 10.8. The molecule has 4 rings (SSSR count). The van der Waals surface area contributed by atoms with Gasteiger partial charge in [-0.2, -0.15) is 0 Å². The molecule has 2 N–H and O–H groups in total. The zero-order chi connectivity index (χ0) is 20.9. The number of nitrogens with one attached hydrogen (secondary N) is 1. The number of phenolic OH excluding ortho intramolecular Hbond substituents is 1. The molecule has 1 fully saturated rings. The molecule has 0 atom stereocenters. The minimum atomic E-state index is 0.0469. The van der Waals surface area contributed by atoms with Crippen molar-refractivity contribution >= 4 is 34.2 Å². The van der Waals surface area contributed by atoms with Gasteiger partial charge in [0.1, 0.15) is 17.1 Å². The van der Waals surface area contributed by atoms with Crippen molar-refractivity contribution in [3.63, 3.8) is 0 Å². The molecule has 6 heteroatoms. The number of anilines is 1. The standard InChI is InChI=1S/C24H26ClN3O2/c25-20-9-6-17(7-10-20)3-2-14-26-24(30)19-12-15-28(16-13-19)22-11-8-18-4-1-5-21(29)23(18)27-22/h1,4-11,19,29H,2-3,12-16H2,(H,26,30). The summed E-state index contributed by atoms with van der Waals surface area (Å²) in [7, 11) is 0. The van der Waals surface area contributed by atoms with Gasteiger partial charge in [-0.3, -0.25) is 4.79 Å². The molecule has 1 saturated heterocycles. The summed E-state index contributed by atoms with van der Waals surface area (Å²) in [4.78, 5) is 19.3. The smallest absolute Gasteiger partial charge is 0.223 e. The zero-order valence-corrected chi connectivity index (χ0v) is 17.6. The van der Waals surface area contributed by atoms with Crippen molar-refractivity contribution in [2.75, 3.05) is 24.5 Å². The Morgan fingerprint density at radius 3 is 2.63 bits per heavy atom. The van der Waals surface area contributed by atoms with Crippen molar-refractivity contribution < 1.29 is 9.90 Å². The van der Waals surface area contributed by atoms with E-state index < -0.39 is 0 Å². The summed E-state index contributed by atoms with van der Waals surface area (Å²) in [5, 5.41) is 14.8. The van der Waals surface area contributed by atoms with Gasteiger partial charge >= 0.3 is 0 Å². The molecule has 1 aliphatic heterocycles. The number of benzene rings is 2. The topological polar surface area (TPSA) is 65.5 Å². The molecule has 156 valence electrons. The molecule has 2 aromatic carbocycles. The highest BCUT2D eigenvalue weighted by Gasteiger charge is 2.25. The first kappa shape index (κ1) is 20.5. The number of aromatic hydroxyl groups is 1. The van der Waals surface area contributed by atoms with Gasteiger partial charge in [-0.25, -0.2) is 4.98 Å². The number of amides is 1. The van der Waals surface area contributed by atoms with Crippen molar-refractivity contribution in [1.82, 2.24) is 10.3 Å². The van der Waals surface area contributed by atoms with Crippen LogP contribution in [0.1, 0.15) is 24.8 Å². The minimum absolute atomic E-state index is 0.0469. The van der Waals surface area contributed by atoms with Crippen LogP contribution in [0.4, 0.5) is 5.82 Å². The third kappa shape index (κ3) is 4.85. The van der Waals surface area contributed by atoms with E-state index >= 15 is 0 Å². The molecule has 1 aliphatic rings. The van der Waals surface area contributed by atoms with E-state index in [4.69, 9.17) is 11.6 Å². The second-order valence-electron chi connectivity index (χ2n) is 7.80. The van der Waals surface area contributed by atoms with Crippen LogP contribution in [0.2, 0.25) is 5.02 Å². The van der Waals surface area contributed by atoms with Crippen LogP contribution in [0.3, 0.4) is 0 Å². The van der Waals surface area contributed by atoms with Crippen LogP contribution in [-0.4, -0.2) is 35.6 Å². The van der Waals surface area contributed by atoms with E-state index in [9.17, 15) is 9.90 Å². The van der Waals surface area contributed by atoms with Gasteiger partial charge in [0.2, 0.25) is 5.91 Å². The third-order valence-electron chi connectivity index (χ3n) is 5.73. The second kappa shape index (κ2) is 9.35. The number of carbonyl (C=O) groups excluding carboxylic acids is 1. The number of para-hydroxylation sites is 1. The lowest BCUT2D eigenvalue weighted by Gasteiger charge is -2.32. The molecule has 1 aromatic heterocycles. The number of carbonyl (C=O) groups is 1. The summed E-state index contributed by atoms with van der Waals surface area (Å²) in [5.41, 5.74) is 1.85. The van der Waals surface area contributed by atoms with E-state index in [1.165, 1.54) is 5.56 Å². The highest BCUT2D eigenvalue weighted by molar-refractivity contribution is 6.30. The largest absolute Gasteiger partial charge is 0.506 e. The van der Waals surface area contributed by atoms with Crippen LogP contribution in [-0.2, 0) is 11.2 Å². The lowest BCUT2D eigenvalue weighted by Crippen LogP contribution is -2.41. The van der Waals surface area contributed by atoms with Gasteiger partial charge in [0.25, 0.3) is 0 Å². The lowest BCUT2D eigenvalue weighted by atomic mass is 9.95. The van der Waals surface area contributed by atoms with Crippen molar-refractivity contribution in [3.05, 3.63) is 65.2 Å². The molecule has 5 nitrogen and oxygen atoms in total. The van der Waals surface area contributed by atoms with Gasteiger partial charge in [-0.1, -0.05) is 35.9 Å². The number of rotatable bonds is 6. The fourth-order valence-electron chi connectivity index (χ4n) is 3.97. The Hall–Kier alpha value is -2.79. The average molecular weight is 424 g/mol. The third-order valence-corrected chi connectivity index (χ3v) is 5.98. The Balaban J connectivity index is 1.24. The van der Waals surface area contributed by atoms with E-state index in [0.29, 0.717) is 12.1 Å². The quantitative estimate of drug-likeness (QED) is 0.570. The van der Waals surface area contributed by atoms with Crippen LogP contribution < -0.4 is 10.2 Å². The van der Waals surface area contributed by atoms with Crippen molar-refractivity contribution in [3.8, 4) is 5.75 Å². The number of aromatic nitrogens is 1. The molecule has 0 bridgehead atoms. The van der Waals surface area contributed by atoms with Crippen molar-refractivity contribution in [1.29, 1.82) is 0 Å². The maximum absolute atomic E-state index is 12.5. The summed E-state index contributed by atoms with van der Waals surface area (Å²) >= 11 is 5.91. The summed E-state index contributed by atoms with van der Waals surface area (Å²) < 4.78 is 0. The molecule has 2 heterocycles. The lowest BCUT2D eigenvalue weighted by molar-refractivity contribution is -0.125. The Kier molecular flexibility index (Phi) is 6.38. The Bertz CT molecular complexity index is 1010. The fourth-order valence-corrected chi connectivity index (χ4v) is 4.09. The normalized spacial score (nSPS) is 14.8. The first-order valence-electron chi connectivity index (χ1n) is 10.5. The van der Waals surface area contributed by atoms with Crippen LogP contribution in [0.15, 0.2) is 54.6 Å². The van der Waals surface area contributed by atoms with Crippen molar-refractivity contribution in [2.24, 2.45) is 5.92 Å². The SMILES string of the molecule is O=C(NCCCc1ccc(Cl)cc1)C1CCN(c2ccc3cccc(O)c3n2)CC1. The van der Waals surface area contributed by atoms with Crippen molar-refractivity contribution in [2.45, 2.75) is 25.7 Å². The van der Waals surface area contributed by atoms with Gasteiger partial charge in [-0.05, 0) is 61.6 Å². The number of aryl methyl sites for hydroxylation is 1. The predicted octanol–water partition coefficient (Wildman–Crippen LogP) is 4.56. The summed E-state index contributed by atoms with van der Waals surface area (Å²) in [5.74, 6) is 1.24. The molecule has 0 aliphatic carbocycles. The molecule has 0 unspecified atom stereocenters. The second-order valence-corrected chi connectivity index (χ2v) is 8.24. The molecule has 0 spiro atoms. The van der Waals surface area contributed by atoms with Gasteiger partial charge < -0.3 is 15.3 Å². The van der Waals surface area contributed by atoms with E-state index in [1.54, 1.807) is 6.07 Å². The Morgan fingerprint density at radius 2 is 1.87 bits per heavy atom. The number of nitrogens with zero attached hydrogens (tertiary/aromatic N) is 2. The highest BCUT2D eigenvalue weighted by Crippen LogP contribution is 2.27. The fraction of sp³-hybridized carbons (Fsp3) is 0.333. The van der Waals surface area contributed by atoms with E-state index in [-0.39, 0.29) is 17.6 Å². The van der Waals surface area contributed by atoms with Crippen LogP contribution in [0.5, 0.6) is 5.75 Å². The Morgan fingerprint density at radius 1 is 1.10 bits per heavy atom. The monoisotopic (exact) mass is 423 g/mol.